The summed E-state index contributed by atoms with van der Waals surface area (Å²) in [7, 11) is 0. The van der Waals surface area contributed by atoms with Crippen molar-refractivity contribution in [2.24, 2.45) is 0 Å². The van der Waals surface area contributed by atoms with Crippen LogP contribution in [0.1, 0.15) is 76.5 Å². The van der Waals surface area contributed by atoms with E-state index in [0.717, 1.165) is 43.3 Å². The van der Waals surface area contributed by atoms with Gasteiger partial charge in [0.05, 0.1) is 6.20 Å². The van der Waals surface area contributed by atoms with Crippen LogP contribution in [0.15, 0.2) is 48.4 Å². The number of nitrogens with one attached hydrogen (secondary N) is 2. The van der Waals surface area contributed by atoms with E-state index in [2.05, 4.69) is 84.3 Å². The summed E-state index contributed by atoms with van der Waals surface area (Å²) in [6.45, 7) is 15.3. The van der Waals surface area contributed by atoms with Gasteiger partial charge < -0.3 is 10.2 Å². The predicted octanol–water partition coefficient (Wildman–Crippen LogP) is 6.15. The number of anilines is 1. The van der Waals surface area contributed by atoms with Crippen molar-refractivity contribution in [1.82, 2.24) is 25.5 Å². The molecule has 1 saturated heterocycles. The molecule has 1 aliphatic heterocycles. The van der Waals surface area contributed by atoms with E-state index >= 15 is 0 Å². The molecule has 2 N–H and O–H groups in total. The van der Waals surface area contributed by atoms with Gasteiger partial charge in [0, 0.05) is 43.5 Å². The monoisotopic (exact) mass is 490 g/mol. The summed E-state index contributed by atoms with van der Waals surface area (Å²) in [4.78, 5) is 21.0. The first-order chi connectivity index (χ1) is 17.4. The number of aryl methyl sites for hydroxylation is 1. The minimum absolute atomic E-state index is 0.507. The zero-order valence-electron chi connectivity index (χ0n) is 22.7. The van der Waals surface area contributed by atoms with Gasteiger partial charge in [-0.2, -0.15) is 5.10 Å². The molecule has 0 bridgehead atoms. The molecular weight excluding hydrogens is 448 g/mol. The number of H-pyrrole nitrogens is 1. The lowest BCUT2D eigenvalue weighted by atomic mass is 10.0. The van der Waals surface area contributed by atoms with Crippen LogP contribution in [-0.2, 0) is 4.79 Å². The molecule has 1 amide bonds. The van der Waals surface area contributed by atoms with Gasteiger partial charge in [-0.1, -0.05) is 50.5 Å². The third kappa shape index (κ3) is 8.95. The van der Waals surface area contributed by atoms with Crippen molar-refractivity contribution >= 4 is 18.3 Å². The summed E-state index contributed by atoms with van der Waals surface area (Å²) in [5, 5.41) is 9.42. The first-order valence-corrected chi connectivity index (χ1v) is 12.9. The Balaban J connectivity index is 0.000000439. The molecule has 1 aliphatic rings. The SMILES string of the molecule is CC(C)=Cc1ccc(-c2nccc(N3CCC(c4cn[nH]c4)C3)n2)cc1C.CCCC.CCNC=O. The lowest BCUT2D eigenvalue weighted by Gasteiger charge is -2.18. The van der Waals surface area contributed by atoms with Crippen LogP contribution in [-0.4, -0.2) is 46.2 Å². The van der Waals surface area contributed by atoms with E-state index in [4.69, 9.17) is 4.98 Å². The van der Waals surface area contributed by atoms with Gasteiger partial charge in [-0.25, -0.2) is 9.97 Å². The molecule has 4 rings (SSSR count). The number of rotatable bonds is 7. The molecule has 36 heavy (non-hydrogen) atoms. The molecule has 0 saturated carbocycles. The standard InChI is InChI=1S/C22H25N5.C4H10.C3H7NO/c1-15(2)10-17-4-5-18(11-16(17)3)22-23-8-6-21(26-22)27-9-7-19(14-27)20-12-24-25-13-20;1-3-4-2;1-2-4-3-5/h4-6,8,10-13,19H,7,9,14H2,1-3H3,(H,24,25);3-4H2,1-2H3;3H,2H2,1H3,(H,4,5). The van der Waals surface area contributed by atoms with E-state index in [0.29, 0.717) is 12.3 Å². The minimum Gasteiger partial charge on any atom is -0.359 e. The normalized spacial score (nSPS) is 14.2. The van der Waals surface area contributed by atoms with Crippen molar-refractivity contribution in [1.29, 1.82) is 0 Å². The van der Waals surface area contributed by atoms with E-state index in [1.165, 1.54) is 35.1 Å². The van der Waals surface area contributed by atoms with E-state index < -0.39 is 0 Å². The summed E-state index contributed by atoms with van der Waals surface area (Å²) >= 11 is 0. The maximum atomic E-state index is 9.29. The van der Waals surface area contributed by atoms with Gasteiger partial charge in [0.1, 0.15) is 5.82 Å². The highest BCUT2D eigenvalue weighted by Gasteiger charge is 2.25. The van der Waals surface area contributed by atoms with E-state index in [-0.39, 0.29) is 0 Å². The fraction of sp³-hybridized carbons (Fsp3) is 0.448. The van der Waals surface area contributed by atoms with Crippen molar-refractivity contribution in [2.45, 2.75) is 66.7 Å². The molecule has 1 fully saturated rings. The number of benzene rings is 1. The number of nitrogens with zero attached hydrogens (tertiary/aromatic N) is 4. The minimum atomic E-state index is 0.507. The maximum Gasteiger partial charge on any atom is 0.207 e. The Labute approximate surface area is 216 Å². The first kappa shape index (κ1) is 28.8. The molecule has 0 aliphatic carbocycles. The van der Waals surface area contributed by atoms with Gasteiger partial charge >= 0.3 is 0 Å². The molecule has 3 aromatic rings. The maximum absolute atomic E-state index is 9.29. The van der Waals surface area contributed by atoms with Gasteiger partial charge in [0.2, 0.25) is 6.41 Å². The topological polar surface area (TPSA) is 86.8 Å². The third-order valence-corrected chi connectivity index (χ3v) is 5.90. The number of allylic oxidation sites excluding steroid dienone is 1. The zero-order valence-corrected chi connectivity index (χ0v) is 22.7. The van der Waals surface area contributed by atoms with Gasteiger partial charge in [-0.3, -0.25) is 9.89 Å². The second-order valence-corrected chi connectivity index (χ2v) is 9.17. The van der Waals surface area contributed by atoms with E-state index in [9.17, 15) is 4.79 Å². The Hall–Kier alpha value is -3.48. The first-order valence-electron chi connectivity index (χ1n) is 12.9. The molecule has 1 atom stereocenters. The highest BCUT2D eigenvalue weighted by atomic mass is 16.1. The highest BCUT2D eigenvalue weighted by Crippen LogP contribution is 2.30. The fourth-order valence-electron chi connectivity index (χ4n) is 3.76. The van der Waals surface area contributed by atoms with Gasteiger partial charge in [-0.05, 0) is 62.9 Å². The highest BCUT2D eigenvalue weighted by molar-refractivity contribution is 5.64. The lowest BCUT2D eigenvalue weighted by molar-refractivity contribution is -0.109. The van der Waals surface area contributed by atoms with Crippen LogP contribution in [0.5, 0.6) is 0 Å². The Morgan fingerprint density at radius 2 is 1.97 bits per heavy atom. The summed E-state index contributed by atoms with van der Waals surface area (Å²) < 4.78 is 0. The number of carbonyl (C=O) groups excluding carboxylic acids is 1. The number of unbranched alkanes of at least 4 members (excludes halogenated alkanes) is 1. The molecule has 2 aromatic heterocycles. The third-order valence-electron chi connectivity index (χ3n) is 5.90. The number of hydrogen-bond acceptors (Lipinski definition) is 5. The lowest BCUT2D eigenvalue weighted by Crippen LogP contribution is -2.20. The van der Waals surface area contributed by atoms with Crippen molar-refractivity contribution in [2.75, 3.05) is 24.5 Å². The second-order valence-electron chi connectivity index (χ2n) is 9.17. The van der Waals surface area contributed by atoms with Crippen molar-refractivity contribution < 1.29 is 4.79 Å². The van der Waals surface area contributed by atoms with Crippen LogP contribution in [0.25, 0.3) is 17.5 Å². The molecule has 0 radical (unpaired) electrons. The number of amides is 1. The van der Waals surface area contributed by atoms with Crippen molar-refractivity contribution in [3.8, 4) is 11.4 Å². The smallest absolute Gasteiger partial charge is 0.207 e. The Bertz CT molecular complexity index is 1070. The Morgan fingerprint density at radius 1 is 1.19 bits per heavy atom. The average molecular weight is 491 g/mol. The fourth-order valence-corrected chi connectivity index (χ4v) is 3.76. The van der Waals surface area contributed by atoms with Crippen LogP contribution < -0.4 is 10.2 Å². The number of hydrogen-bond donors (Lipinski definition) is 2. The zero-order chi connectivity index (χ0) is 26.3. The van der Waals surface area contributed by atoms with Crippen molar-refractivity contribution in [3.05, 3.63) is 65.1 Å². The second kappa shape index (κ2) is 15.5. The molecule has 7 nitrogen and oxygen atoms in total. The summed E-state index contributed by atoms with van der Waals surface area (Å²) in [6, 6.07) is 8.44. The molecule has 0 spiro atoms. The van der Waals surface area contributed by atoms with Crippen molar-refractivity contribution in [3.63, 3.8) is 0 Å². The van der Waals surface area contributed by atoms with Crippen LogP contribution in [0, 0.1) is 6.92 Å². The average Bonchev–Trinajstić information content (AvgIpc) is 3.59. The molecular formula is C29H42N6O. The molecule has 3 heterocycles. The molecule has 7 heteroatoms. The van der Waals surface area contributed by atoms with E-state index in [1.54, 1.807) is 0 Å². The van der Waals surface area contributed by atoms with Crippen LogP contribution in [0.2, 0.25) is 0 Å². The molecule has 1 unspecified atom stereocenters. The quantitative estimate of drug-likeness (QED) is 0.388. The van der Waals surface area contributed by atoms with Crippen LogP contribution in [0.3, 0.4) is 0 Å². The Morgan fingerprint density at radius 3 is 2.53 bits per heavy atom. The van der Waals surface area contributed by atoms with Crippen LogP contribution in [0.4, 0.5) is 5.82 Å². The number of aromatic amines is 1. The predicted molar refractivity (Wildman–Crippen MR) is 150 cm³/mol. The number of aromatic nitrogens is 4. The molecule has 1 aromatic carbocycles. The van der Waals surface area contributed by atoms with Gasteiger partial charge in [-0.15, -0.1) is 0 Å². The van der Waals surface area contributed by atoms with E-state index in [1.807, 2.05) is 31.6 Å². The number of carbonyl (C=O) groups is 1. The summed E-state index contributed by atoms with van der Waals surface area (Å²) in [5.74, 6) is 2.29. The summed E-state index contributed by atoms with van der Waals surface area (Å²) in [6.07, 6.45) is 12.4. The Kier molecular flexibility index (Phi) is 12.4. The molecule has 194 valence electrons. The largest absolute Gasteiger partial charge is 0.359 e. The van der Waals surface area contributed by atoms with Gasteiger partial charge in [0.25, 0.3) is 0 Å². The van der Waals surface area contributed by atoms with Gasteiger partial charge in [0.15, 0.2) is 5.82 Å². The van der Waals surface area contributed by atoms with Crippen LogP contribution >= 0.6 is 0 Å². The summed E-state index contributed by atoms with van der Waals surface area (Å²) in [5.41, 5.74) is 6.12.